The summed E-state index contributed by atoms with van der Waals surface area (Å²) in [4.78, 5) is 24.8. The van der Waals surface area contributed by atoms with Crippen LogP contribution >= 0.6 is 11.3 Å². The van der Waals surface area contributed by atoms with Crippen molar-refractivity contribution < 1.29 is 23.1 Å². The first-order valence-electron chi connectivity index (χ1n) is 7.94. The van der Waals surface area contributed by atoms with E-state index in [4.69, 9.17) is 9.15 Å². The molecule has 0 saturated heterocycles. The summed E-state index contributed by atoms with van der Waals surface area (Å²) in [6.45, 7) is 0.0636. The van der Waals surface area contributed by atoms with Gasteiger partial charge >= 0.3 is 5.97 Å². The number of hydrogen-bond acceptors (Lipinski definition) is 5. The molecule has 0 aliphatic rings. The van der Waals surface area contributed by atoms with E-state index < -0.39 is 24.3 Å². The van der Waals surface area contributed by atoms with Gasteiger partial charge in [0.25, 0.3) is 5.91 Å². The fourth-order valence-electron chi connectivity index (χ4n) is 2.29. The SMILES string of the molecule is O=C(COC(=O)c1ccc(-c2ccccc2F)o1)NCCc1cccs1. The van der Waals surface area contributed by atoms with Gasteiger partial charge in [-0.3, -0.25) is 4.79 Å². The maximum atomic E-state index is 13.7. The highest BCUT2D eigenvalue weighted by Crippen LogP contribution is 2.25. The normalized spacial score (nSPS) is 10.5. The van der Waals surface area contributed by atoms with Gasteiger partial charge in [0, 0.05) is 11.4 Å². The van der Waals surface area contributed by atoms with Crippen molar-refractivity contribution in [2.24, 2.45) is 0 Å². The van der Waals surface area contributed by atoms with E-state index in [9.17, 15) is 14.0 Å². The molecule has 0 atom stereocenters. The number of thiophene rings is 1. The summed E-state index contributed by atoms with van der Waals surface area (Å²) in [6.07, 6.45) is 0.724. The minimum Gasteiger partial charge on any atom is -0.450 e. The van der Waals surface area contributed by atoms with Crippen molar-refractivity contribution in [3.05, 3.63) is 70.4 Å². The zero-order chi connectivity index (χ0) is 18.4. The average Bonchev–Trinajstić information content (AvgIpc) is 3.32. The first kappa shape index (κ1) is 17.9. The molecule has 7 heteroatoms. The van der Waals surface area contributed by atoms with Crippen molar-refractivity contribution in [2.75, 3.05) is 13.2 Å². The Labute approximate surface area is 153 Å². The summed E-state index contributed by atoms with van der Waals surface area (Å²) in [6, 6.07) is 12.9. The predicted octanol–water partition coefficient (Wildman–Crippen LogP) is 3.66. The van der Waals surface area contributed by atoms with E-state index >= 15 is 0 Å². The predicted molar refractivity (Wildman–Crippen MR) is 95.4 cm³/mol. The first-order chi connectivity index (χ1) is 12.6. The fraction of sp³-hybridized carbons (Fsp3) is 0.158. The first-order valence-corrected chi connectivity index (χ1v) is 8.82. The second kappa shape index (κ2) is 8.44. The molecule has 0 unspecified atom stereocenters. The average molecular weight is 373 g/mol. The third kappa shape index (κ3) is 4.58. The van der Waals surface area contributed by atoms with Gasteiger partial charge in [0.05, 0.1) is 5.56 Å². The number of carbonyl (C=O) groups excluding carboxylic acids is 2. The van der Waals surface area contributed by atoms with Crippen LogP contribution in [0, 0.1) is 5.82 Å². The lowest BCUT2D eigenvalue weighted by Gasteiger charge is -2.05. The third-order valence-electron chi connectivity index (χ3n) is 3.55. The zero-order valence-electron chi connectivity index (χ0n) is 13.7. The fourth-order valence-corrected chi connectivity index (χ4v) is 3.00. The Kier molecular flexibility index (Phi) is 5.80. The second-order valence-corrected chi connectivity index (χ2v) is 6.43. The lowest BCUT2D eigenvalue weighted by Crippen LogP contribution is -2.30. The Morgan fingerprint density at radius 3 is 2.73 bits per heavy atom. The summed E-state index contributed by atoms with van der Waals surface area (Å²) >= 11 is 1.62. The number of halogens is 1. The number of ether oxygens (including phenoxy) is 1. The molecule has 134 valence electrons. The van der Waals surface area contributed by atoms with Crippen LogP contribution in [0.1, 0.15) is 15.4 Å². The Morgan fingerprint density at radius 1 is 1.12 bits per heavy atom. The summed E-state index contributed by atoms with van der Waals surface area (Å²) in [5.41, 5.74) is 0.248. The molecule has 3 rings (SSSR count). The Balaban J connectivity index is 1.48. The third-order valence-corrected chi connectivity index (χ3v) is 4.49. The Morgan fingerprint density at radius 2 is 1.96 bits per heavy atom. The minimum absolute atomic E-state index is 0.0883. The number of amides is 1. The van der Waals surface area contributed by atoms with E-state index in [1.165, 1.54) is 23.1 Å². The molecule has 0 aliphatic heterocycles. The number of furan rings is 1. The molecule has 5 nitrogen and oxygen atoms in total. The summed E-state index contributed by atoms with van der Waals surface area (Å²) in [5.74, 6) is -1.49. The second-order valence-electron chi connectivity index (χ2n) is 5.40. The highest BCUT2D eigenvalue weighted by atomic mass is 32.1. The minimum atomic E-state index is -0.777. The number of hydrogen-bond donors (Lipinski definition) is 1. The van der Waals surface area contributed by atoms with Crippen LogP contribution in [0.15, 0.2) is 58.3 Å². The van der Waals surface area contributed by atoms with Crippen molar-refractivity contribution in [3.63, 3.8) is 0 Å². The van der Waals surface area contributed by atoms with Crippen LogP contribution in [-0.2, 0) is 16.0 Å². The van der Waals surface area contributed by atoms with E-state index in [0.29, 0.717) is 6.54 Å². The molecular formula is C19H16FNO4S. The molecule has 26 heavy (non-hydrogen) atoms. The lowest BCUT2D eigenvalue weighted by atomic mass is 10.1. The maximum absolute atomic E-state index is 13.7. The van der Waals surface area contributed by atoms with Crippen LogP contribution in [0.4, 0.5) is 4.39 Å². The molecule has 3 aromatic rings. The van der Waals surface area contributed by atoms with Gasteiger partial charge in [0.15, 0.2) is 6.61 Å². The van der Waals surface area contributed by atoms with Gasteiger partial charge in [0.2, 0.25) is 5.76 Å². The van der Waals surface area contributed by atoms with E-state index in [2.05, 4.69) is 5.32 Å². The van der Waals surface area contributed by atoms with Crippen LogP contribution in [0.2, 0.25) is 0 Å². The maximum Gasteiger partial charge on any atom is 0.374 e. The number of esters is 1. The van der Waals surface area contributed by atoms with Crippen LogP contribution in [0.3, 0.4) is 0 Å². The highest BCUT2D eigenvalue weighted by Gasteiger charge is 2.16. The molecule has 0 bridgehead atoms. The topological polar surface area (TPSA) is 68.5 Å². The van der Waals surface area contributed by atoms with Crippen molar-refractivity contribution in [3.8, 4) is 11.3 Å². The monoisotopic (exact) mass is 373 g/mol. The summed E-state index contributed by atoms with van der Waals surface area (Å²) in [7, 11) is 0. The molecule has 0 aliphatic carbocycles. The largest absolute Gasteiger partial charge is 0.450 e. The summed E-state index contributed by atoms with van der Waals surface area (Å²) in [5, 5.41) is 4.65. The van der Waals surface area contributed by atoms with Crippen molar-refractivity contribution >= 4 is 23.2 Å². The molecule has 2 heterocycles. The van der Waals surface area contributed by atoms with Gasteiger partial charge in [-0.25, -0.2) is 9.18 Å². The number of benzene rings is 1. The molecule has 1 N–H and O–H groups in total. The molecule has 0 fully saturated rings. The molecule has 0 saturated carbocycles. The molecule has 2 aromatic heterocycles. The molecular weight excluding hydrogens is 357 g/mol. The van der Waals surface area contributed by atoms with Gasteiger partial charge in [-0.2, -0.15) is 0 Å². The number of rotatable bonds is 7. The smallest absolute Gasteiger partial charge is 0.374 e. The molecule has 0 spiro atoms. The highest BCUT2D eigenvalue weighted by molar-refractivity contribution is 7.09. The van der Waals surface area contributed by atoms with Crippen molar-refractivity contribution in [2.45, 2.75) is 6.42 Å². The lowest BCUT2D eigenvalue weighted by molar-refractivity contribution is -0.124. The van der Waals surface area contributed by atoms with Crippen LogP contribution < -0.4 is 5.32 Å². The van der Waals surface area contributed by atoms with E-state index in [0.717, 1.165) is 6.42 Å². The van der Waals surface area contributed by atoms with Crippen LogP contribution in [-0.4, -0.2) is 25.0 Å². The van der Waals surface area contributed by atoms with Gasteiger partial charge in [0.1, 0.15) is 11.6 Å². The summed E-state index contributed by atoms with van der Waals surface area (Å²) < 4.78 is 24.0. The van der Waals surface area contributed by atoms with Crippen molar-refractivity contribution in [1.29, 1.82) is 0 Å². The van der Waals surface area contributed by atoms with Gasteiger partial charge in [-0.1, -0.05) is 18.2 Å². The van der Waals surface area contributed by atoms with Crippen LogP contribution in [0.25, 0.3) is 11.3 Å². The quantitative estimate of drug-likeness (QED) is 0.642. The van der Waals surface area contributed by atoms with Crippen molar-refractivity contribution in [1.82, 2.24) is 5.32 Å². The molecule has 1 amide bonds. The van der Waals surface area contributed by atoms with E-state index in [-0.39, 0.29) is 17.1 Å². The molecule has 0 radical (unpaired) electrons. The van der Waals surface area contributed by atoms with Gasteiger partial charge in [-0.05, 0) is 42.1 Å². The van der Waals surface area contributed by atoms with Gasteiger partial charge in [-0.15, -0.1) is 11.3 Å². The van der Waals surface area contributed by atoms with Crippen LogP contribution in [0.5, 0.6) is 0 Å². The van der Waals surface area contributed by atoms with E-state index in [1.807, 2.05) is 17.5 Å². The number of nitrogens with one attached hydrogen (secondary N) is 1. The van der Waals surface area contributed by atoms with E-state index in [1.54, 1.807) is 29.5 Å². The Bertz CT molecular complexity index is 889. The Hall–Kier alpha value is -2.93. The van der Waals surface area contributed by atoms with Gasteiger partial charge < -0.3 is 14.5 Å². The molecule has 1 aromatic carbocycles. The zero-order valence-corrected chi connectivity index (χ0v) is 14.6. The standard InChI is InChI=1S/C19H16FNO4S/c20-15-6-2-1-5-14(15)16-7-8-17(25-16)19(23)24-12-18(22)21-10-9-13-4-3-11-26-13/h1-8,11H,9-10,12H2,(H,21,22). The number of carbonyl (C=O) groups is 2.